The summed E-state index contributed by atoms with van der Waals surface area (Å²) in [7, 11) is 1.73. The van der Waals surface area contributed by atoms with Crippen LogP contribution in [0.4, 0.5) is 0 Å². The Hall–Kier alpha value is -1.88. The van der Waals surface area contributed by atoms with Gasteiger partial charge in [0.2, 0.25) is 11.8 Å². The van der Waals surface area contributed by atoms with E-state index in [-0.39, 0.29) is 11.8 Å². The summed E-state index contributed by atoms with van der Waals surface area (Å²) in [5, 5.41) is 2.70. The lowest BCUT2D eigenvalue weighted by Gasteiger charge is -2.16. The van der Waals surface area contributed by atoms with Crippen LogP contribution in [0.25, 0.3) is 0 Å². The average molecular weight is 247 g/mol. The monoisotopic (exact) mass is 247 g/mol. The maximum atomic E-state index is 11.9. The summed E-state index contributed by atoms with van der Waals surface area (Å²) in [5.74, 6) is -0.363. The van der Waals surface area contributed by atoms with E-state index in [1.165, 1.54) is 0 Å². The third-order valence-corrected chi connectivity index (χ3v) is 3.19. The first-order valence-electron chi connectivity index (χ1n) is 5.95. The van der Waals surface area contributed by atoms with Crippen molar-refractivity contribution >= 4 is 11.8 Å². The molecule has 1 aromatic carbocycles. The van der Waals surface area contributed by atoms with Crippen LogP contribution in [0.3, 0.4) is 0 Å². The molecular weight excluding hydrogens is 230 g/mol. The largest absolute Gasteiger partial charge is 0.344 e. The molecule has 96 valence electrons. The average Bonchev–Trinajstić information content (AvgIpc) is 2.71. The predicted octanol–water partition coefficient (Wildman–Crippen LogP) is 0.0333. The molecule has 0 bridgehead atoms. The van der Waals surface area contributed by atoms with E-state index in [1.807, 2.05) is 18.2 Å². The molecule has 2 atom stereocenters. The molecule has 1 aromatic rings. The quantitative estimate of drug-likeness (QED) is 0.791. The lowest BCUT2D eigenvalue weighted by Crippen LogP contribution is -2.44. The number of benzene rings is 1. The van der Waals surface area contributed by atoms with Gasteiger partial charge in [0.05, 0.1) is 0 Å². The summed E-state index contributed by atoms with van der Waals surface area (Å²) in [6, 6.07) is 7.96. The van der Waals surface area contributed by atoms with Crippen molar-refractivity contribution in [1.29, 1.82) is 0 Å². The number of nitrogens with one attached hydrogen (secondary N) is 1. The molecule has 1 saturated heterocycles. The molecule has 1 heterocycles. The summed E-state index contributed by atoms with van der Waals surface area (Å²) in [6.45, 7) is 0.671. The lowest BCUT2D eigenvalue weighted by molar-refractivity contribution is -0.132. The normalized spacial score (nSPS) is 20.9. The third kappa shape index (κ3) is 2.51. The number of rotatable bonds is 3. The zero-order valence-electron chi connectivity index (χ0n) is 10.3. The minimum absolute atomic E-state index is 0.0522. The van der Waals surface area contributed by atoms with Gasteiger partial charge < -0.3 is 16.0 Å². The second-order valence-electron chi connectivity index (χ2n) is 4.50. The Morgan fingerprint density at radius 2 is 2.11 bits per heavy atom. The second-order valence-corrected chi connectivity index (χ2v) is 4.50. The van der Waals surface area contributed by atoms with Crippen molar-refractivity contribution in [2.45, 2.75) is 18.5 Å². The number of hydrogen-bond acceptors (Lipinski definition) is 3. The summed E-state index contributed by atoms with van der Waals surface area (Å²) in [5.41, 5.74) is 6.60. The first-order chi connectivity index (χ1) is 8.59. The highest BCUT2D eigenvalue weighted by atomic mass is 16.2. The van der Waals surface area contributed by atoms with E-state index >= 15 is 0 Å². The van der Waals surface area contributed by atoms with E-state index in [2.05, 4.69) is 5.32 Å². The minimum atomic E-state index is -0.732. The molecule has 0 saturated carbocycles. The minimum Gasteiger partial charge on any atom is -0.344 e. The number of likely N-dealkylation sites (tertiary alicyclic amines) is 1. The van der Waals surface area contributed by atoms with Crippen LogP contribution >= 0.6 is 0 Å². The number of nitrogens with zero attached hydrogens (tertiary/aromatic N) is 1. The van der Waals surface area contributed by atoms with E-state index in [9.17, 15) is 9.59 Å². The van der Waals surface area contributed by atoms with Crippen LogP contribution in [0.5, 0.6) is 0 Å². The van der Waals surface area contributed by atoms with Crippen molar-refractivity contribution in [3.8, 4) is 0 Å². The highest BCUT2D eigenvalue weighted by Gasteiger charge is 2.31. The summed E-state index contributed by atoms with van der Waals surface area (Å²) >= 11 is 0. The number of carbonyl (C=O) groups excluding carboxylic acids is 2. The first kappa shape index (κ1) is 12.6. The van der Waals surface area contributed by atoms with Crippen LogP contribution in [0.2, 0.25) is 0 Å². The molecule has 1 aliphatic rings. The Morgan fingerprint density at radius 3 is 2.67 bits per heavy atom. The van der Waals surface area contributed by atoms with Gasteiger partial charge in [-0.2, -0.15) is 0 Å². The fourth-order valence-corrected chi connectivity index (χ4v) is 2.03. The van der Waals surface area contributed by atoms with E-state index in [1.54, 1.807) is 24.1 Å². The third-order valence-electron chi connectivity index (χ3n) is 3.19. The number of amides is 2. The lowest BCUT2D eigenvalue weighted by atomic mass is 10.1. The summed E-state index contributed by atoms with van der Waals surface area (Å²) < 4.78 is 0. The molecule has 5 nitrogen and oxygen atoms in total. The molecule has 1 fully saturated rings. The van der Waals surface area contributed by atoms with Gasteiger partial charge in [0.25, 0.3) is 0 Å². The van der Waals surface area contributed by atoms with Crippen molar-refractivity contribution in [3.05, 3.63) is 35.9 Å². The maximum Gasteiger partial charge on any atom is 0.244 e. The van der Waals surface area contributed by atoms with Crippen LogP contribution in [0.1, 0.15) is 18.0 Å². The Kier molecular flexibility index (Phi) is 3.62. The molecule has 0 radical (unpaired) electrons. The van der Waals surface area contributed by atoms with Crippen molar-refractivity contribution < 1.29 is 9.59 Å². The molecule has 0 aromatic heterocycles. The Morgan fingerprint density at radius 1 is 1.44 bits per heavy atom. The topological polar surface area (TPSA) is 75.4 Å². The van der Waals surface area contributed by atoms with Gasteiger partial charge in [-0.1, -0.05) is 30.3 Å². The van der Waals surface area contributed by atoms with Crippen LogP contribution in [-0.2, 0) is 9.59 Å². The van der Waals surface area contributed by atoms with Gasteiger partial charge in [-0.05, 0) is 12.0 Å². The second kappa shape index (κ2) is 5.18. The molecule has 2 rings (SSSR count). The Balaban J connectivity index is 1.98. The van der Waals surface area contributed by atoms with Gasteiger partial charge in [0, 0.05) is 13.6 Å². The molecule has 3 N–H and O–H groups in total. The molecule has 5 heteroatoms. The highest BCUT2D eigenvalue weighted by molar-refractivity contribution is 5.91. The van der Waals surface area contributed by atoms with E-state index in [0.29, 0.717) is 13.0 Å². The SMILES string of the molecule is CN1CCC(NC(=O)[C@@H](N)c2ccccc2)C1=O. The number of nitrogens with two attached hydrogens (primary N) is 1. The van der Waals surface area contributed by atoms with Crippen LogP contribution in [0.15, 0.2) is 30.3 Å². The Bertz CT molecular complexity index is 447. The van der Waals surface area contributed by atoms with E-state index in [4.69, 9.17) is 5.73 Å². The van der Waals surface area contributed by atoms with Crippen molar-refractivity contribution in [3.63, 3.8) is 0 Å². The molecule has 1 aliphatic heterocycles. The smallest absolute Gasteiger partial charge is 0.244 e. The van der Waals surface area contributed by atoms with Gasteiger partial charge in [-0.15, -0.1) is 0 Å². The standard InChI is InChI=1S/C13H17N3O2/c1-16-8-7-10(13(16)18)15-12(17)11(14)9-5-3-2-4-6-9/h2-6,10-11H,7-8,14H2,1H3,(H,15,17)/t10?,11-/m0/s1. The molecule has 18 heavy (non-hydrogen) atoms. The van der Waals surface area contributed by atoms with Gasteiger partial charge in [-0.3, -0.25) is 9.59 Å². The molecule has 2 amide bonds. The highest BCUT2D eigenvalue weighted by Crippen LogP contribution is 2.12. The fourth-order valence-electron chi connectivity index (χ4n) is 2.03. The molecule has 0 aliphatic carbocycles. The first-order valence-corrected chi connectivity index (χ1v) is 5.95. The number of hydrogen-bond donors (Lipinski definition) is 2. The zero-order chi connectivity index (χ0) is 13.1. The summed E-state index contributed by atoms with van der Waals surface area (Å²) in [6.07, 6.45) is 0.641. The van der Waals surface area contributed by atoms with Gasteiger partial charge in [-0.25, -0.2) is 0 Å². The number of carbonyl (C=O) groups is 2. The van der Waals surface area contributed by atoms with Crippen LogP contribution < -0.4 is 11.1 Å². The van der Waals surface area contributed by atoms with Gasteiger partial charge >= 0.3 is 0 Å². The van der Waals surface area contributed by atoms with Crippen LogP contribution in [-0.4, -0.2) is 36.3 Å². The molecular formula is C13H17N3O2. The molecule has 0 spiro atoms. The number of likely N-dealkylation sites (N-methyl/N-ethyl adjacent to an activating group) is 1. The Labute approximate surface area is 106 Å². The van der Waals surface area contributed by atoms with Gasteiger partial charge in [0.15, 0.2) is 0 Å². The van der Waals surface area contributed by atoms with Crippen molar-refractivity contribution in [2.75, 3.05) is 13.6 Å². The van der Waals surface area contributed by atoms with Crippen LogP contribution in [0, 0.1) is 0 Å². The summed E-state index contributed by atoms with van der Waals surface area (Å²) in [4.78, 5) is 25.2. The van der Waals surface area contributed by atoms with E-state index in [0.717, 1.165) is 5.56 Å². The predicted molar refractivity (Wildman–Crippen MR) is 67.6 cm³/mol. The molecule has 1 unspecified atom stereocenters. The van der Waals surface area contributed by atoms with E-state index < -0.39 is 12.1 Å². The van der Waals surface area contributed by atoms with Crippen molar-refractivity contribution in [1.82, 2.24) is 10.2 Å². The zero-order valence-corrected chi connectivity index (χ0v) is 10.3. The van der Waals surface area contributed by atoms with Gasteiger partial charge in [0.1, 0.15) is 12.1 Å². The van der Waals surface area contributed by atoms with Crippen molar-refractivity contribution in [2.24, 2.45) is 5.73 Å². The fraction of sp³-hybridized carbons (Fsp3) is 0.385. The maximum absolute atomic E-state index is 11.9.